The Bertz CT molecular complexity index is 930. The number of fused-ring (bicyclic) bond motifs is 1. The van der Waals surface area contributed by atoms with E-state index in [-0.39, 0.29) is 5.06 Å². The molecule has 1 aliphatic heterocycles. The van der Waals surface area contributed by atoms with Gasteiger partial charge in [0.05, 0.1) is 5.69 Å². The maximum atomic E-state index is 10.2. The van der Waals surface area contributed by atoms with Crippen molar-refractivity contribution in [1.82, 2.24) is 4.98 Å². The summed E-state index contributed by atoms with van der Waals surface area (Å²) in [4.78, 5) is 8.94. The summed E-state index contributed by atoms with van der Waals surface area (Å²) in [6.07, 6.45) is 3.72. The van der Waals surface area contributed by atoms with E-state index in [1.165, 1.54) is 16.9 Å². The molecule has 0 spiro atoms. The number of para-hydroxylation sites is 1. The lowest BCUT2D eigenvalue weighted by molar-refractivity contribution is 0.488. The molecule has 5 heteroatoms. The largest absolute Gasteiger partial charge is 0.498 e. The van der Waals surface area contributed by atoms with E-state index in [2.05, 4.69) is 22.1 Å². The van der Waals surface area contributed by atoms with E-state index in [0.717, 1.165) is 26.9 Å². The molecule has 0 aliphatic carbocycles. The molecule has 1 aliphatic rings. The Morgan fingerprint density at radius 2 is 1.83 bits per heavy atom. The molecule has 0 unspecified atom stereocenters. The Morgan fingerprint density at radius 1 is 1.04 bits per heavy atom. The summed E-state index contributed by atoms with van der Waals surface area (Å²) >= 11 is 2.95. The highest BCUT2D eigenvalue weighted by atomic mass is 32.2. The van der Waals surface area contributed by atoms with E-state index in [0.29, 0.717) is 5.69 Å². The topological polar surface area (TPSA) is 45.5 Å². The van der Waals surface area contributed by atoms with Crippen molar-refractivity contribution in [2.45, 2.75) is 10.1 Å². The van der Waals surface area contributed by atoms with Gasteiger partial charge in [-0.25, -0.2) is 4.98 Å². The van der Waals surface area contributed by atoms with Gasteiger partial charge in [0.1, 0.15) is 5.69 Å². The van der Waals surface area contributed by atoms with Crippen molar-refractivity contribution < 1.29 is 5.11 Å². The monoisotopic (exact) mass is 350 g/mol. The van der Waals surface area contributed by atoms with Gasteiger partial charge < -0.3 is 5.11 Å². The van der Waals surface area contributed by atoms with Crippen LogP contribution in [0.2, 0.25) is 0 Å². The SMILES string of the molecule is Oc1sc(SCc2ccccc2)nc1C=C1C=Nc2ccccc21. The van der Waals surface area contributed by atoms with Gasteiger partial charge in [0.2, 0.25) is 0 Å². The molecule has 4 rings (SSSR count). The molecule has 2 aromatic carbocycles. The first-order chi connectivity index (χ1) is 11.8. The number of aromatic nitrogens is 1. The molecule has 0 fully saturated rings. The highest BCUT2D eigenvalue weighted by Gasteiger charge is 2.14. The van der Waals surface area contributed by atoms with Crippen molar-refractivity contribution >= 4 is 46.6 Å². The first-order valence-corrected chi connectivity index (χ1v) is 9.31. The van der Waals surface area contributed by atoms with Gasteiger partial charge in [-0.1, -0.05) is 71.6 Å². The van der Waals surface area contributed by atoms with Gasteiger partial charge in [-0.2, -0.15) is 0 Å². The number of benzene rings is 2. The lowest BCUT2D eigenvalue weighted by Gasteiger charge is -1.98. The Morgan fingerprint density at radius 3 is 2.71 bits per heavy atom. The van der Waals surface area contributed by atoms with Crippen LogP contribution in [0.25, 0.3) is 11.6 Å². The van der Waals surface area contributed by atoms with Crippen LogP contribution in [0.3, 0.4) is 0 Å². The number of hydrogen-bond donors (Lipinski definition) is 1. The van der Waals surface area contributed by atoms with Crippen LogP contribution in [0.4, 0.5) is 5.69 Å². The molecular formula is C19H14N2OS2. The van der Waals surface area contributed by atoms with Crippen molar-refractivity contribution in [3.63, 3.8) is 0 Å². The van der Waals surface area contributed by atoms with E-state index in [4.69, 9.17) is 0 Å². The maximum absolute atomic E-state index is 10.2. The molecule has 0 bridgehead atoms. The summed E-state index contributed by atoms with van der Waals surface area (Å²) in [6, 6.07) is 18.2. The Hall–Kier alpha value is -2.37. The summed E-state index contributed by atoms with van der Waals surface area (Å²) in [6.45, 7) is 0. The fraction of sp³-hybridized carbons (Fsp3) is 0.0526. The zero-order valence-corrected chi connectivity index (χ0v) is 14.3. The first kappa shape index (κ1) is 15.2. The summed E-state index contributed by atoms with van der Waals surface area (Å²) in [7, 11) is 0. The maximum Gasteiger partial charge on any atom is 0.200 e. The van der Waals surface area contributed by atoms with Crippen LogP contribution < -0.4 is 0 Å². The number of rotatable bonds is 4. The zero-order chi connectivity index (χ0) is 16.4. The lowest BCUT2D eigenvalue weighted by Crippen LogP contribution is -1.82. The van der Waals surface area contributed by atoms with E-state index in [1.807, 2.05) is 54.8 Å². The number of allylic oxidation sites excluding steroid dienone is 1. The third-order valence-electron chi connectivity index (χ3n) is 3.67. The third-order valence-corrected chi connectivity index (χ3v) is 5.76. The second-order valence-electron chi connectivity index (χ2n) is 5.32. The summed E-state index contributed by atoms with van der Waals surface area (Å²) in [5.41, 5.74) is 4.86. The number of nitrogens with zero attached hydrogens (tertiary/aromatic N) is 2. The molecule has 0 saturated carbocycles. The van der Waals surface area contributed by atoms with Crippen LogP contribution in [0.5, 0.6) is 5.06 Å². The van der Waals surface area contributed by atoms with Crippen molar-refractivity contribution in [2.75, 3.05) is 0 Å². The summed E-state index contributed by atoms with van der Waals surface area (Å²) < 4.78 is 0.867. The quantitative estimate of drug-likeness (QED) is 0.641. The first-order valence-electron chi connectivity index (χ1n) is 7.51. The Labute approximate surface area is 148 Å². The molecule has 0 amide bonds. The minimum absolute atomic E-state index is 0.246. The van der Waals surface area contributed by atoms with Crippen molar-refractivity contribution in [1.29, 1.82) is 0 Å². The van der Waals surface area contributed by atoms with Gasteiger partial charge in [0.25, 0.3) is 0 Å². The van der Waals surface area contributed by atoms with Gasteiger partial charge in [-0.3, -0.25) is 4.99 Å². The predicted octanol–water partition coefficient (Wildman–Crippen LogP) is 5.40. The molecule has 0 radical (unpaired) electrons. The molecule has 3 aromatic rings. The molecule has 3 nitrogen and oxygen atoms in total. The van der Waals surface area contributed by atoms with Crippen molar-refractivity contribution in [2.24, 2.45) is 4.99 Å². The average molecular weight is 350 g/mol. The number of thiazole rings is 1. The molecule has 0 saturated heterocycles. The van der Waals surface area contributed by atoms with Gasteiger partial charge in [0.15, 0.2) is 9.40 Å². The van der Waals surface area contributed by atoms with Crippen molar-refractivity contribution in [3.05, 3.63) is 71.4 Å². The van der Waals surface area contributed by atoms with Crippen molar-refractivity contribution in [3.8, 4) is 5.06 Å². The molecule has 1 aromatic heterocycles. The van der Waals surface area contributed by atoms with E-state index >= 15 is 0 Å². The molecule has 118 valence electrons. The molecule has 1 N–H and O–H groups in total. The highest BCUT2D eigenvalue weighted by molar-refractivity contribution is 8.00. The summed E-state index contributed by atoms with van der Waals surface area (Å²) in [5.74, 6) is 0.841. The molecule has 24 heavy (non-hydrogen) atoms. The predicted molar refractivity (Wildman–Crippen MR) is 102 cm³/mol. The minimum Gasteiger partial charge on any atom is -0.498 e. The molecule has 0 atom stereocenters. The fourth-order valence-electron chi connectivity index (χ4n) is 2.48. The van der Waals surface area contributed by atoms with Gasteiger partial charge in [0, 0.05) is 23.1 Å². The average Bonchev–Trinajstić information content (AvgIpc) is 3.18. The number of hydrogen-bond acceptors (Lipinski definition) is 5. The van der Waals surface area contributed by atoms with Crippen LogP contribution in [-0.2, 0) is 5.75 Å². The van der Waals surface area contributed by atoms with Crippen LogP contribution in [0, 0.1) is 0 Å². The van der Waals surface area contributed by atoms with Gasteiger partial charge in [-0.15, -0.1) is 0 Å². The van der Waals surface area contributed by atoms with E-state index < -0.39 is 0 Å². The minimum atomic E-state index is 0.246. The Kier molecular flexibility index (Phi) is 4.19. The molecule has 2 heterocycles. The van der Waals surface area contributed by atoms with Gasteiger partial charge >= 0.3 is 0 Å². The number of thioether (sulfide) groups is 1. The highest BCUT2D eigenvalue weighted by Crippen LogP contribution is 2.38. The van der Waals surface area contributed by atoms with Crippen LogP contribution in [-0.4, -0.2) is 16.3 Å². The summed E-state index contributed by atoms with van der Waals surface area (Å²) in [5, 5.41) is 10.4. The third kappa shape index (κ3) is 3.13. The number of aliphatic imine (C=N–C) groups is 1. The number of aromatic hydroxyl groups is 1. The van der Waals surface area contributed by atoms with Crippen LogP contribution in [0.1, 0.15) is 16.8 Å². The van der Waals surface area contributed by atoms with Gasteiger partial charge in [-0.05, 0) is 17.7 Å². The second kappa shape index (κ2) is 6.63. The molecular weight excluding hydrogens is 336 g/mol. The smallest absolute Gasteiger partial charge is 0.200 e. The van der Waals surface area contributed by atoms with E-state index in [1.54, 1.807) is 11.8 Å². The fourth-order valence-corrected chi connectivity index (χ4v) is 4.29. The van der Waals surface area contributed by atoms with Crippen LogP contribution >= 0.6 is 23.1 Å². The zero-order valence-electron chi connectivity index (χ0n) is 12.7. The lowest BCUT2D eigenvalue weighted by atomic mass is 10.1. The van der Waals surface area contributed by atoms with E-state index in [9.17, 15) is 5.11 Å². The Balaban J connectivity index is 1.54. The second-order valence-corrected chi connectivity index (χ2v) is 7.52. The van der Waals surface area contributed by atoms with Crippen LogP contribution in [0.15, 0.2) is 63.9 Å². The normalized spacial score (nSPS) is 14.2. The standard InChI is InChI=1S/C19H14N2OS2/c22-18-17(10-14-11-20-16-9-5-4-8-15(14)16)21-19(24-18)23-12-13-6-2-1-3-7-13/h1-11,22H,12H2.